The third-order valence-corrected chi connectivity index (χ3v) is 4.00. The van der Waals surface area contributed by atoms with Crippen molar-refractivity contribution < 1.29 is 9.53 Å². The van der Waals surface area contributed by atoms with Crippen molar-refractivity contribution in [2.45, 2.75) is 31.8 Å². The Morgan fingerprint density at radius 3 is 3.05 bits per heavy atom. The zero-order valence-corrected chi connectivity index (χ0v) is 13.2. The van der Waals surface area contributed by atoms with Crippen LogP contribution in [0, 0.1) is 6.92 Å². The fourth-order valence-corrected chi connectivity index (χ4v) is 2.90. The number of nitrogens with zero attached hydrogens (tertiary/aromatic N) is 2. The number of hydrogen-bond donors (Lipinski definition) is 0. The summed E-state index contributed by atoms with van der Waals surface area (Å²) in [6.45, 7) is 4.35. The van der Waals surface area contributed by atoms with E-state index in [0.29, 0.717) is 13.0 Å². The Labute approximate surface area is 129 Å². The number of aryl methyl sites for hydroxylation is 1. The van der Waals surface area contributed by atoms with Crippen molar-refractivity contribution in [1.82, 2.24) is 9.55 Å². The second kappa shape index (κ2) is 7.88. The zero-order valence-electron chi connectivity index (χ0n) is 12.4. The van der Waals surface area contributed by atoms with E-state index in [0.717, 1.165) is 23.0 Å². The lowest BCUT2D eigenvalue weighted by molar-refractivity contribution is -0.143. The molecule has 0 unspecified atom stereocenters. The normalized spacial score (nSPS) is 10.6. The van der Waals surface area contributed by atoms with Gasteiger partial charge in [-0.1, -0.05) is 23.9 Å². The van der Waals surface area contributed by atoms with Gasteiger partial charge in [0, 0.05) is 30.3 Å². The van der Waals surface area contributed by atoms with E-state index in [-0.39, 0.29) is 5.97 Å². The van der Waals surface area contributed by atoms with Gasteiger partial charge in [-0.25, -0.2) is 4.98 Å². The lowest BCUT2D eigenvalue weighted by Gasteiger charge is -2.08. The summed E-state index contributed by atoms with van der Waals surface area (Å²) >= 11 is 1.66. The maximum absolute atomic E-state index is 11.3. The molecule has 4 nitrogen and oxygen atoms in total. The number of carbonyl (C=O) groups is 1. The molecule has 21 heavy (non-hydrogen) atoms. The number of esters is 1. The number of carbonyl (C=O) groups excluding carboxylic acids is 1. The summed E-state index contributed by atoms with van der Waals surface area (Å²) < 4.78 is 6.99. The van der Waals surface area contributed by atoms with Crippen LogP contribution in [0.25, 0.3) is 5.69 Å². The average molecular weight is 304 g/mol. The predicted molar refractivity (Wildman–Crippen MR) is 84.9 cm³/mol. The Morgan fingerprint density at radius 1 is 1.43 bits per heavy atom. The lowest BCUT2D eigenvalue weighted by atomic mass is 10.2. The molecule has 5 heteroatoms. The minimum atomic E-state index is -0.125. The first-order valence-electron chi connectivity index (χ1n) is 7.09. The van der Waals surface area contributed by atoms with Crippen LogP contribution in [0.1, 0.15) is 25.3 Å². The van der Waals surface area contributed by atoms with Gasteiger partial charge in [-0.05, 0) is 38.0 Å². The molecular formula is C16H20N2O2S. The van der Waals surface area contributed by atoms with Gasteiger partial charge in [0.05, 0.1) is 6.61 Å². The molecule has 0 radical (unpaired) electrons. The van der Waals surface area contributed by atoms with E-state index in [9.17, 15) is 4.79 Å². The van der Waals surface area contributed by atoms with Crippen LogP contribution in [0.4, 0.5) is 0 Å². The Morgan fingerprint density at radius 2 is 2.29 bits per heavy atom. The largest absolute Gasteiger partial charge is 0.466 e. The number of aromatic nitrogens is 2. The molecular weight excluding hydrogens is 284 g/mol. The standard InChI is InChI=1S/C16H20N2O2S/c1-3-20-15(19)8-5-11-21-16-17-9-10-18(16)14-7-4-6-13(2)12-14/h4,6-7,9-10,12H,3,5,8,11H2,1-2H3. The van der Waals surface area contributed by atoms with Gasteiger partial charge in [-0.2, -0.15) is 0 Å². The Bertz CT molecular complexity index is 595. The van der Waals surface area contributed by atoms with Crippen molar-refractivity contribution in [2.24, 2.45) is 0 Å². The van der Waals surface area contributed by atoms with Gasteiger partial charge in [0.2, 0.25) is 0 Å². The molecule has 2 rings (SSSR count). The summed E-state index contributed by atoms with van der Waals surface area (Å²) in [5.74, 6) is 0.724. The first-order valence-corrected chi connectivity index (χ1v) is 8.08. The molecule has 0 saturated carbocycles. The van der Waals surface area contributed by atoms with Crippen LogP contribution in [-0.4, -0.2) is 27.9 Å². The predicted octanol–water partition coefficient (Wildman–Crippen LogP) is 3.62. The smallest absolute Gasteiger partial charge is 0.305 e. The van der Waals surface area contributed by atoms with Crippen molar-refractivity contribution in [1.29, 1.82) is 0 Å². The quantitative estimate of drug-likeness (QED) is 0.445. The van der Waals surface area contributed by atoms with Crippen molar-refractivity contribution in [3.8, 4) is 5.69 Å². The van der Waals surface area contributed by atoms with Crippen LogP contribution in [0.5, 0.6) is 0 Å². The van der Waals surface area contributed by atoms with Crippen LogP contribution in [-0.2, 0) is 9.53 Å². The SMILES string of the molecule is CCOC(=O)CCCSc1nccn1-c1cccc(C)c1. The number of thioether (sulfide) groups is 1. The van der Waals surface area contributed by atoms with E-state index >= 15 is 0 Å². The van der Waals surface area contributed by atoms with E-state index in [4.69, 9.17) is 4.74 Å². The Hall–Kier alpha value is -1.75. The highest BCUT2D eigenvalue weighted by Crippen LogP contribution is 2.22. The third kappa shape index (κ3) is 4.63. The first-order chi connectivity index (χ1) is 10.2. The number of ether oxygens (including phenoxy) is 1. The van der Waals surface area contributed by atoms with Gasteiger partial charge in [0.15, 0.2) is 5.16 Å². The minimum Gasteiger partial charge on any atom is -0.466 e. The molecule has 0 N–H and O–H groups in total. The second-order valence-corrected chi connectivity index (χ2v) is 5.74. The first kappa shape index (κ1) is 15.6. The van der Waals surface area contributed by atoms with E-state index in [1.165, 1.54) is 5.56 Å². The molecule has 112 valence electrons. The fraction of sp³-hybridized carbons (Fsp3) is 0.375. The highest BCUT2D eigenvalue weighted by molar-refractivity contribution is 7.99. The third-order valence-electron chi connectivity index (χ3n) is 2.95. The van der Waals surface area contributed by atoms with Gasteiger partial charge in [0.25, 0.3) is 0 Å². The molecule has 0 amide bonds. The van der Waals surface area contributed by atoms with E-state index in [1.54, 1.807) is 18.0 Å². The van der Waals surface area contributed by atoms with E-state index in [2.05, 4.69) is 34.7 Å². The molecule has 0 spiro atoms. The Kier molecular flexibility index (Phi) is 5.87. The molecule has 0 fully saturated rings. The van der Waals surface area contributed by atoms with E-state index < -0.39 is 0 Å². The Balaban J connectivity index is 1.91. The average Bonchev–Trinajstić information content (AvgIpc) is 2.92. The minimum absolute atomic E-state index is 0.125. The summed E-state index contributed by atoms with van der Waals surface area (Å²) in [5.41, 5.74) is 2.33. The lowest BCUT2D eigenvalue weighted by Crippen LogP contribution is -2.04. The van der Waals surface area contributed by atoms with E-state index in [1.807, 2.05) is 19.2 Å². The highest BCUT2D eigenvalue weighted by atomic mass is 32.2. The van der Waals surface area contributed by atoms with Gasteiger partial charge in [-0.3, -0.25) is 9.36 Å². The number of benzene rings is 1. The molecule has 0 saturated heterocycles. The molecule has 0 aliphatic rings. The monoisotopic (exact) mass is 304 g/mol. The van der Waals surface area contributed by atoms with Gasteiger partial charge in [0.1, 0.15) is 0 Å². The molecule has 1 aromatic carbocycles. The number of hydrogen-bond acceptors (Lipinski definition) is 4. The van der Waals surface area contributed by atoms with Crippen LogP contribution in [0.2, 0.25) is 0 Å². The highest BCUT2D eigenvalue weighted by Gasteiger charge is 2.07. The summed E-state index contributed by atoms with van der Waals surface area (Å²) in [4.78, 5) is 15.7. The van der Waals surface area contributed by atoms with Crippen LogP contribution >= 0.6 is 11.8 Å². The van der Waals surface area contributed by atoms with Gasteiger partial charge >= 0.3 is 5.97 Å². The second-order valence-electron chi connectivity index (χ2n) is 4.68. The van der Waals surface area contributed by atoms with Gasteiger partial charge in [-0.15, -0.1) is 0 Å². The number of imidazole rings is 1. The molecule has 0 atom stereocenters. The fourth-order valence-electron chi connectivity index (χ4n) is 1.98. The maximum atomic E-state index is 11.3. The summed E-state index contributed by atoms with van der Waals surface area (Å²) in [6, 6.07) is 8.31. The van der Waals surface area contributed by atoms with Crippen LogP contribution in [0.3, 0.4) is 0 Å². The van der Waals surface area contributed by atoms with Crippen molar-refractivity contribution in [2.75, 3.05) is 12.4 Å². The molecule has 1 aromatic heterocycles. The summed E-state index contributed by atoms with van der Waals surface area (Å²) in [7, 11) is 0. The zero-order chi connectivity index (χ0) is 15.1. The molecule has 0 aliphatic carbocycles. The molecule has 2 aromatic rings. The summed E-state index contributed by atoms with van der Waals surface area (Å²) in [6.07, 6.45) is 5.02. The molecule has 0 aliphatic heterocycles. The van der Waals surface area contributed by atoms with Crippen molar-refractivity contribution in [3.63, 3.8) is 0 Å². The molecule has 0 bridgehead atoms. The summed E-state index contributed by atoms with van der Waals surface area (Å²) in [5, 5.41) is 0.949. The van der Waals surface area contributed by atoms with Crippen molar-refractivity contribution in [3.05, 3.63) is 42.2 Å². The molecule has 1 heterocycles. The van der Waals surface area contributed by atoms with Gasteiger partial charge < -0.3 is 4.74 Å². The number of rotatable bonds is 7. The van der Waals surface area contributed by atoms with Crippen LogP contribution < -0.4 is 0 Å². The van der Waals surface area contributed by atoms with Crippen molar-refractivity contribution >= 4 is 17.7 Å². The maximum Gasteiger partial charge on any atom is 0.305 e. The topological polar surface area (TPSA) is 44.1 Å². The van der Waals surface area contributed by atoms with Crippen LogP contribution in [0.15, 0.2) is 41.8 Å².